The van der Waals surface area contributed by atoms with E-state index >= 15 is 0 Å². The molecule has 0 bridgehead atoms. The maximum Gasteiger partial charge on any atom is 0.223 e. The van der Waals surface area contributed by atoms with E-state index in [1.807, 2.05) is 62.6 Å². The monoisotopic (exact) mass is 473 g/mol. The highest BCUT2D eigenvalue weighted by Crippen LogP contribution is 2.62. The molecule has 7 nitrogen and oxygen atoms in total. The van der Waals surface area contributed by atoms with E-state index in [0.717, 1.165) is 17.7 Å². The first kappa shape index (κ1) is 24.5. The molecule has 7 heteroatoms. The van der Waals surface area contributed by atoms with Gasteiger partial charge in [0, 0.05) is 18.5 Å². The van der Waals surface area contributed by atoms with Gasteiger partial charge in [-0.3, -0.25) is 0 Å². The summed E-state index contributed by atoms with van der Waals surface area (Å²) >= 11 is 0. The van der Waals surface area contributed by atoms with Gasteiger partial charge in [-0.15, -0.1) is 0 Å². The first-order valence-corrected chi connectivity index (χ1v) is 11.6. The number of benzene rings is 2. The summed E-state index contributed by atoms with van der Waals surface area (Å²) in [6.07, 6.45) is 0.0154. The minimum absolute atomic E-state index is 0.0191. The molecule has 3 aromatic rings. The molecule has 35 heavy (non-hydrogen) atoms. The Balaban J connectivity index is 0.000000421. The van der Waals surface area contributed by atoms with Crippen LogP contribution in [0.4, 0.5) is 0 Å². The Bertz CT molecular complexity index is 1150. The van der Waals surface area contributed by atoms with Crippen molar-refractivity contribution < 1.29 is 19.3 Å². The molecule has 0 radical (unpaired) electrons. The minimum Gasteiger partial charge on any atom is -0.481 e. The van der Waals surface area contributed by atoms with Gasteiger partial charge in [-0.2, -0.15) is 10.2 Å². The zero-order valence-electron chi connectivity index (χ0n) is 20.5. The molecule has 182 valence electrons. The van der Waals surface area contributed by atoms with Crippen LogP contribution in [0.25, 0.3) is 0 Å². The molecule has 1 saturated carbocycles. The van der Waals surface area contributed by atoms with Gasteiger partial charge in [-0.25, -0.2) is 0 Å². The van der Waals surface area contributed by atoms with Crippen molar-refractivity contribution in [1.29, 1.82) is 5.26 Å². The van der Waals surface area contributed by atoms with Crippen molar-refractivity contribution in [3.8, 4) is 23.6 Å². The Labute approximate surface area is 206 Å². The average Bonchev–Trinajstić information content (AvgIpc) is 3.36. The van der Waals surface area contributed by atoms with Crippen molar-refractivity contribution in [2.45, 2.75) is 24.0 Å². The predicted molar refractivity (Wildman–Crippen MR) is 133 cm³/mol. The van der Waals surface area contributed by atoms with Gasteiger partial charge < -0.3 is 24.2 Å². The van der Waals surface area contributed by atoms with Crippen LogP contribution in [0.3, 0.4) is 0 Å². The molecule has 2 heterocycles. The Kier molecular flexibility index (Phi) is 7.25. The van der Waals surface area contributed by atoms with E-state index < -0.39 is 11.7 Å². The number of aliphatic hydroxyl groups excluding tert-OH is 1. The molecule has 1 fully saturated rings. The summed E-state index contributed by atoms with van der Waals surface area (Å²) < 4.78 is 17.4. The zero-order valence-corrected chi connectivity index (χ0v) is 20.5. The average molecular weight is 474 g/mol. The van der Waals surface area contributed by atoms with Crippen molar-refractivity contribution in [2.24, 2.45) is 5.92 Å². The standard InChI is InChI=1S/C22H25N3O4.C6H6/c1-25(2)12-14-10-22(15-7-5-13(11-23)6-8-15)19(20(14)26)18-16(29-22)9-17(27-3)24-21(18)28-4;1-2-4-6-5-3-1/h5-9,14,19-20,26H,10,12H2,1-4H3;1-6H/t14-,19?,20+,22-;/m1./s1. The summed E-state index contributed by atoms with van der Waals surface area (Å²) in [7, 11) is 7.10. The highest BCUT2D eigenvalue weighted by Gasteiger charge is 2.62. The van der Waals surface area contributed by atoms with Gasteiger partial charge in [-0.1, -0.05) is 48.5 Å². The van der Waals surface area contributed by atoms with Crippen LogP contribution in [0.15, 0.2) is 66.7 Å². The van der Waals surface area contributed by atoms with Crippen LogP contribution in [0.5, 0.6) is 17.5 Å². The van der Waals surface area contributed by atoms with Gasteiger partial charge in [-0.05, 0) is 38.2 Å². The van der Waals surface area contributed by atoms with E-state index in [1.165, 1.54) is 0 Å². The molecule has 1 aliphatic heterocycles. The van der Waals surface area contributed by atoms with Gasteiger partial charge >= 0.3 is 0 Å². The molecule has 5 rings (SSSR count). The molecule has 2 aromatic carbocycles. The molecular weight excluding hydrogens is 442 g/mol. The lowest BCUT2D eigenvalue weighted by Gasteiger charge is -2.30. The van der Waals surface area contributed by atoms with E-state index in [-0.39, 0.29) is 11.8 Å². The number of methoxy groups -OCH3 is 2. The third kappa shape index (κ3) is 4.68. The summed E-state index contributed by atoms with van der Waals surface area (Å²) in [5.74, 6) is 1.11. The number of fused-ring (bicyclic) bond motifs is 3. The highest BCUT2D eigenvalue weighted by atomic mass is 16.5. The number of hydrogen-bond acceptors (Lipinski definition) is 7. The second-order valence-corrected chi connectivity index (χ2v) is 9.12. The Morgan fingerprint density at radius 1 is 1.09 bits per heavy atom. The molecule has 4 atom stereocenters. The van der Waals surface area contributed by atoms with Crippen LogP contribution in [0.2, 0.25) is 0 Å². The molecule has 1 aromatic heterocycles. The van der Waals surface area contributed by atoms with Crippen molar-refractivity contribution in [1.82, 2.24) is 9.88 Å². The third-order valence-electron chi connectivity index (χ3n) is 6.63. The lowest BCUT2D eigenvalue weighted by molar-refractivity contribution is 0.0574. The van der Waals surface area contributed by atoms with Gasteiger partial charge in [0.25, 0.3) is 0 Å². The highest BCUT2D eigenvalue weighted by molar-refractivity contribution is 5.55. The van der Waals surface area contributed by atoms with Gasteiger partial charge in [0.2, 0.25) is 11.8 Å². The van der Waals surface area contributed by atoms with Gasteiger partial charge in [0.1, 0.15) is 11.4 Å². The quantitative estimate of drug-likeness (QED) is 0.600. The van der Waals surface area contributed by atoms with Crippen LogP contribution in [0.1, 0.15) is 29.0 Å². The smallest absolute Gasteiger partial charge is 0.223 e. The SMILES string of the molecule is COc1cc2c(c(OC)n1)C1[C@@H](O)[C@@H](CN(C)C)C[C@]1(c1ccc(C#N)cc1)O2.c1ccccc1. The van der Waals surface area contributed by atoms with E-state index in [9.17, 15) is 5.11 Å². The Morgan fingerprint density at radius 3 is 2.23 bits per heavy atom. The second kappa shape index (κ2) is 10.3. The maximum atomic E-state index is 11.4. The molecule has 1 N–H and O–H groups in total. The summed E-state index contributed by atoms with van der Waals surface area (Å²) in [6, 6.07) is 23.3. The number of nitrogens with zero attached hydrogens (tertiary/aromatic N) is 3. The normalized spacial score (nSPS) is 23.9. The van der Waals surface area contributed by atoms with E-state index in [1.54, 1.807) is 32.4 Å². The number of hydrogen-bond donors (Lipinski definition) is 1. The van der Waals surface area contributed by atoms with E-state index in [4.69, 9.17) is 19.5 Å². The van der Waals surface area contributed by atoms with Gasteiger partial charge in [0.05, 0.1) is 43.4 Å². The van der Waals surface area contributed by atoms with Crippen LogP contribution in [0, 0.1) is 17.2 Å². The molecular formula is C28H31N3O4. The number of pyridine rings is 1. The predicted octanol–water partition coefficient (Wildman–Crippen LogP) is 3.97. The van der Waals surface area contributed by atoms with E-state index in [0.29, 0.717) is 29.5 Å². The fraction of sp³-hybridized carbons (Fsp3) is 0.357. The van der Waals surface area contributed by atoms with Crippen molar-refractivity contribution in [3.05, 3.63) is 83.4 Å². The first-order valence-electron chi connectivity index (χ1n) is 11.6. The second-order valence-electron chi connectivity index (χ2n) is 9.12. The van der Waals surface area contributed by atoms with Crippen molar-refractivity contribution >= 4 is 0 Å². The summed E-state index contributed by atoms with van der Waals surface area (Å²) in [6.45, 7) is 0.736. The fourth-order valence-corrected chi connectivity index (χ4v) is 5.22. The van der Waals surface area contributed by atoms with Crippen molar-refractivity contribution in [3.63, 3.8) is 0 Å². The molecule has 2 aliphatic rings. The lowest BCUT2D eigenvalue weighted by atomic mass is 9.81. The number of aromatic nitrogens is 1. The zero-order chi connectivity index (χ0) is 25.0. The largest absolute Gasteiger partial charge is 0.481 e. The topological polar surface area (TPSA) is 87.8 Å². The summed E-state index contributed by atoms with van der Waals surface area (Å²) in [5, 5.41) is 20.5. The number of ether oxygens (including phenoxy) is 3. The fourth-order valence-electron chi connectivity index (χ4n) is 5.22. The Hall–Kier alpha value is -3.60. The van der Waals surface area contributed by atoms with Crippen molar-refractivity contribution in [2.75, 3.05) is 34.9 Å². The Morgan fingerprint density at radius 2 is 1.71 bits per heavy atom. The number of aliphatic hydroxyl groups is 1. The third-order valence-corrected chi connectivity index (χ3v) is 6.63. The van der Waals surface area contributed by atoms with Gasteiger partial charge in [0.15, 0.2) is 0 Å². The molecule has 0 saturated heterocycles. The molecule has 1 unspecified atom stereocenters. The first-order chi connectivity index (χ1) is 16.9. The molecule has 0 amide bonds. The maximum absolute atomic E-state index is 11.4. The van der Waals surface area contributed by atoms with Crippen LogP contribution >= 0.6 is 0 Å². The lowest BCUT2D eigenvalue weighted by Crippen LogP contribution is -2.33. The number of nitriles is 1. The molecule has 1 aliphatic carbocycles. The summed E-state index contributed by atoms with van der Waals surface area (Å²) in [5.41, 5.74) is 1.53. The minimum atomic E-state index is -0.752. The van der Waals surface area contributed by atoms with E-state index in [2.05, 4.69) is 16.0 Å². The van der Waals surface area contributed by atoms with Crippen LogP contribution in [-0.4, -0.2) is 56.0 Å². The van der Waals surface area contributed by atoms with Crippen LogP contribution < -0.4 is 14.2 Å². The summed E-state index contributed by atoms with van der Waals surface area (Å²) in [4.78, 5) is 6.50. The molecule has 0 spiro atoms. The van der Waals surface area contributed by atoms with Crippen LogP contribution in [-0.2, 0) is 5.60 Å². The number of rotatable bonds is 5.